The van der Waals surface area contributed by atoms with Gasteiger partial charge in [0.2, 0.25) is 0 Å². The molecular formula is C13H21N3O. The van der Waals surface area contributed by atoms with Crippen LogP contribution in [0.3, 0.4) is 0 Å². The van der Waals surface area contributed by atoms with Gasteiger partial charge in [-0.15, -0.1) is 0 Å². The van der Waals surface area contributed by atoms with Crippen molar-refractivity contribution in [2.75, 3.05) is 13.2 Å². The molecule has 2 atom stereocenters. The Kier molecular flexibility index (Phi) is 4.48. The van der Waals surface area contributed by atoms with Crippen LogP contribution >= 0.6 is 0 Å². The summed E-state index contributed by atoms with van der Waals surface area (Å²) in [5, 5.41) is 2.04. The van der Waals surface area contributed by atoms with E-state index in [1.807, 2.05) is 17.3 Å². The highest BCUT2D eigenvalue weighted by molar-refractivity contribution is 5.15. The van der Waals surface area contributed by atoms with E-state index in [1.165, 1.54) is 6.42 Å². The van der Waals surface area contributed by atoms with E-state index >= 15 is 0 Å². The highest BCUT2D eigenvalue weighted by Crippen LogP contribution is 2.27. The summed E-state index contributed by atoms with van der Waals surface area (Å²) in [6.07, 6.45) is 6.91. The Balaban J connectivity index is 2.18. The lowest BCUT2D eigenvalue weighted by Gasteiger charge is -2.36. The van der Waals surface area contributed by atoms with Gasteiger partial charge < -0.3 is 5.73 Å². The van der Waals surface area contributed by atoms with Gasteiger partial charge in [-0.3, -0.25) is 9.82 Å². The molecule has 1 saturated heterocycles. The lowest BCUT2D eigenvalue weighted by Crippen LogP contribution is -2.43. The second kappa shape index (κ2) is 6.10. The van der Waals surface area contributed by atoms with E-state index in [4.69, 9.17) is 10.6 Å². The first-order valence-corrected chi connectivity index (χ1v) is 6.38. The summed E-state index contributed by atoms with van der Waals surface area (Å²) in [5.74, 6) is 0. The standard InChI is InChI=1S/C13H21N3O/c1-2-12(14)13(11-6-5-7-15-10-11)16-8-3-4-9-17-16/h5-7,10,12-13H,2-4,8-9,14H2,1H3. The lowest BCUT2D eigenvalue weighted by atomic mass is 9.98. The van der Waals surface area contributed by atoms with Crippen molar-refractivity contribution in [2.24, 2.45) is 5.73 Å². The molecule has 1 aliphatic rings. The topological polar surface area (TPSA) is 51.4 Å². The Morgan fingerprint density at radius 1 is 1.53 bits per heavy atom. The van der Waals surface area contributed by atoms with Crippen molar-refractivity contribution in [3.8, 4) is 0 Å². The van der Waals surface area contributed by atoms with Crippen LogP contribution in [-0.2, 0) is 4.84 Å². The Morgan fingerprint density at radius 3 is 3.00 bits per heavy atom. The van der Waals surface area contributed by atoms with Gasteiger partial charge in [-0.1, -0.05) is 13.0 Å². The van der Waals surface area contributed by atoms with Gasteiger partial charge in [0.25, 0.3) is 0 Å². The minimum Gasteiger partial charge on any atom is -0.326 e. The van der Waals surface area contributed by atoms with Crippen molar-refractivity contribution in [2.45, 2.75) is 38.3 Å². The van der Waals surface area contributed by atoms with Crippen LogP contribution < -0.4 is 5.73 Å². The van der Waals surface area contributed by atoms with Crippen molar-refractivity contribution in [1.82, 2.24) is 10.0 Å². The van der Waals surface area contributed by atoms with Crippen LogP contribution in [0, 0.1) is 0 Å². The van der Waals surface area contributed by atoms with Gasteiger partial charge >= 0.3 is 0 Å². The zero-order chi connectivity index (χ0) is 12.1. The molecule has 1 fully saturated rings. The zero-order valence-corrected chi connectivity index (χ0v) is 10.4. The number of nitrogens with zero attached hydrogens (tertiary/aromatic N) is 2. The first kappa shape index (κ1) is 12.5. The SMILES string of the molecule is CCC(N)C(c1cccnc1)N1CCCCO1. The number of hydroxylamine groups is 2. The number of aromatic nitrogens is 1. The molecule has 1 aliphatic heterocycles. The molecule has 0 spiro atoms. The number of rotatable bonds is 4. The van der Waals surface area contributed by atoms with Crippen LogP contribution in [0.15, 0.2) is 24.5 Å². The molecule has 94 valence electrons. The summed E-state index contributed by atoms with van der Waals surface area (Å²) in [5.41, 5.74) is 7.37. The van der Waals surface area contributed by atoms with Crippen LogP contribution in [0.5, 0.6) is 0 Å². The molecule has 2 unspecified atom stereocenters. The maximum absolute atomic E-state index is 6.23. The van der Waals surface area contributed by atoms with Crippen molar-refractivity contribution >= 4 is 0 Å². The van der Waals surface area contributed by atoms with E-state index in [0.717, 1.165) is 31.6 Å². The molecule has 2 heterocycles. The Labute approximate surface area is 103 Å². The predicted octanol–water partition coefficient (Wildman–Crippen LogP) is 1.89. The number of pyridine rings is 1. The summed E-state index contributed by atoms with van der Waals surface area (Å²) in [4.78, 5) is 9.92. The van der Waals surface area contributed by atoms with Crippen LogP contribution in [0.25, 0.3) is 0 Å². The molecule has 0 bridgehead atoms. The first-order valence-electron chi connectivity index (χ1n) is 6.38. The molecule has 17 heavy (non-hydrogen) atoms. The van der Waals surface area contributed by atoms with Gasteiger partial charge in [0.15, 0.2) is 0 Å². The third-order valence-electron chi connectivity index (χ3n) is 3.24. The zero-order valence-electron chi connectivity index (χ0n) is 10.4. The Morgan fingerprint density at radius 2 is 2.41 bits per heavy atom. The number of hydrogen-bond acceptors (Lipinski definition) is 4. The quantitative estimate of drug-likeness (QED) is 0.866. The van der Waals surface area contributed by atoms with Crippen LogP contribution in [0.1, 0.15) is 37.8 Å². The van der Waals surface area contributed by atoms with Crippen molar-refractivity contribution < 1.29 is 4.84 Å². The molecule has 1 aromatic heterocycles. The van der Waals surface area contributed by atoms with Crippen molar-refractivity contribution in [3.05, 3.63) is 30.1 Å². The monoisotopic (exact) mass is 235 g/mol. The second-order valence-electron chi connectivity index (χ2n) is 4.48. The molecule has 0 amide bonds. The van der Waals surface area contributed by atoms with Gasteiger partial charge in [0, 0.05) is 25.0 Å². The molecule has 1 aromatic rings. The maximum atomic E-state index is 6.23. The molecule has 0 radical (unpaired) electrons. The third-order valence-corrected chi connectivity index (χ3v) is 3.24. The van der Waals surface area contributed by atoms with Crippen LogP contribution in [0.4, 0.5) is 0 Å². The van der Waals surface area contributed by atoms with Gasteiger partial charge in [-0.25, -0.2) is 0 Å². The van der Waals surface area contributed by atoms with Gasteiger partial charge in [0.1, 0.15) is 0 Å². The first-order chi connectivity index (χ1) is 8.33. The smallest absolute Gasteiger partial charge is 0.0767 e. The number of nitrogens with two attached hydrogens (primary N) is 1. The average molecular weight is 235 g/mol. The van der Waals surface area contributed by atoms with Gasteiger partial charge in [0.05, 0.1) is 12.6 Å². The molecule has 0 aromatic carbocycles. The van der Waals surface area contributed by atoms with Gasteiger partial charge in [-0.2, -0.15) is 5.06 Å². The molecule has 2 N–H and O–H groups in total. The fourth-order valence-corrected chi connectivity index (χ4v) is 2.24. The van der Waals surface area contributed by atoms with E-state index in [2.05, 4.69) is 18.0 Å². The fourth-order valence-electron chi connectivity index (χ4n) is 2.24. The fraction of sp³-hybridized carbons (Fsp3) is 0.615. The summed E-state index contributed by atoms with van der Waals surface area (Å²) >= 11 is 0. The molecule has 4 heteroatoms. The molecule has 4 nitrogen and oxygen atoms in total. The van der Waals surface area contributed by atoms with Crippen LogP contribution in [-0.4, -0.2) is 29.2 Å². The molecule has 0 saturated carbocycles. The van der Waals surface area contributed by atoms with E-state index in [-0.39, 0.29) is 12.1 Å². The van der Waals surface area contributed by atoms with Crippen LogP contribution in [0.2, 0.25) is 0 Å². The summed E-state index contributed by atoms with van der Waals surface area (Å²) in [6.45, 7) is 3.86. The number of hydrogen-bond donors (Lipinski definition) is 1. The predicted molar refractivity (Wildman–Crippen MR) is 67.1 cm³/mol. The summed E-state index contributed by atoms with van der Waals surface area (Å²) < 4.78 is 0. The summed E-state index contributed by atoms with van der Waals surface area (Å²) in [7, 11) is 0. The third kappa shape index (κ3) is 3.03. The van der Waals surface area contributed by atoms with Crippen molar-refractivity contribution in [3.63, 3.8) is 0 Å². The highest BCUT2D eigenvalue weighted by atomic mass is 16.7. The Hall–Kier alpha value is -0.970. The Bertz CT molecular complexity index is 325. The lowest BCUT2D eigenvalue weighted by molar-refractivity contribution is -0.212. The normalized spacial score (nSPS) is 21.1. The van der Waals surface area contributed by atoms with E-state index in [1.54, 1.807) is 6.20 Å². The second-order valence-corrected chi connectivity index (χ2v) is 4.48. The largest absolute Gasteiger partial charge is 0.326 e. The minimum absolute atomic E-state index is 0.0808. The van der Waals surface area contributed by atoms with E-state index in [9.17, 15) is 0 Å². The van der Waals surface area contributed by atoms with E-state index in [0.29, 0.717) is 0 Å². The van der Waals surface area contributed by atoms with E-state index < -0.39 is 0 Å². The average Bonchev–Trinajstić information content (AvgIpc) is 2.41. The molecule has 2 rings (SSSR count). The van der Waals surface area contributed by atoms with Gasteiger partial charge in [-0.05, 0) is 30.9 Å². The molecular weight excluding hydrogens is 214 g/mol. The van der Waals surface area contributed by atoms with Crippen molar-refractivity contribution in [1.29, 1.82) is 0 Å². The highest BCUT2D eigenvalue weighted by Gasteiger charge is 2.28. The summed E-state index contributed by atoms with van der Waals surface area (Å²) in [6, 6.07) is 4.23. The molecule has 0 aliphatic carbocycles. The minimum atomic E-state index is 0.0808. The maximum Gasteiger partial charge on any atom is 0.0767 e.